The lowest BCUT2D eigenvalue weighted by molar-refractivity contribution is -0.128. The number of fused-ring (bicyclic) bond motifs is 1. The molecule has 0 bridgehead atoms. The second-order valence-corrected chi connectivity index (χ2v) is 6.20. The van der Waals surface area contributed by atoms with Crippen LogP contribution in [0.15, 0.2) is 6.07 Å². The van der Waals surface area contributed by atoms with E-state index in [9.17, 15) is 4.79 Å². The van der Waals surface area contributed by atoms with Gasteiger partial charge < -0.3 is 15.5 Å². The molecule has 0 saturated carbocycles. The number of anilines is 2. The number of carbonyl (C=O) groups excluding carboxylic acids is 1. The van der Waals surface area contributed by atoms with Crippen molar-refractivity contribution in [1.82, 2.24) is 14.9 Å². The first-order valence-corrected chi connectivity index (χ1v) is 7.79. The summed E-state index contributed by atoms with van der Waals surface area (Å²) in [6.07, 6.45) is 0.443. The minimum atomic E-state index is 0.0983. The maximum atomic E-state index is 11.6. The molecular formula is C14H21N5OS. The third kappa shape index (κ3) is 3.81. The third-order valence-electron chi connectivity index (χ3n) is 2.98. The van der Waals surface area contributed by atoms with E-state index in [1.807, 2.05) is 6.92 Å². The summed E-state index contributed by atoms with van der Waals surface area (Å²) in [6, 6.07) is 2.08. The lowest BCUT2D eigenvalue weighted by Gasteiger charge is -2.12. The molecule has 0 aromatic carbocycles. The highest BCUT2D eigenvalue weighted by Crippen LogP contribution is 2.29. The Hall–Kier alpha value is -1.89. The predicted molar refractivity (Wildman–Crippen MR) is 88.1 cm³/mol. The van der Waals surface area contributed by atoms with Gasteiger partial charge in [0.2, 0.25) is 11.9 Å². The van der Waals surface area contributed by atoms with Crippen molar-refractivity contribution in [3.8, 4) is 0 Å². The minimum Gasteiger partial charge on any atom is -0.369 e. The number of carbonyl (C=O) groups is 1. The Morgan fingerprint density at radius 1 is 1.33 bits per heavy atom. The van der Waals surface area contributed by atoms with E-state index in [4.69, 9.17) is 0 Å². The Morgan fingerprint density at radius 3 is 2.76 bits per heavy atom. The maximum Gasteiger partial charge on any atom is 0.226 e. The molecule has 1 amide bonds. The first kappa shape index (κ1) is 15.5. The SMILES string of the molecule is CCNc1nc(NCCC(=O)N(C)C)c2cc(C)sc2n1. The fourth-order valence-corrected chi connectivity index (χ4v) is 2.80. The molecule has 0 atom stereocenters. The van der Waals surface area contributed by atoms with E-state index in [0.717, 1.165) is 22.6 Å². The van der Waals surface area contributed by atoms with Crippen molar-refractivity contribution in [2.24, 2.45) is 0 Å². The van der Waals surface area contributed by atoms with Crippen LogP contribution in [0.2, 0.25) is 0 Å². The molecular weight excluding hydrogens is 286 g/mol. The largest absolute Gasteiger partial charge is 0.369 e. The maximum absolute atomic E-state index is 11.6. The van der Waals surface area contributed by atoms with Crippen LogP contribution in [0.4, 0.5) is 11.8 Å². The molecule has 2 N–H and O–H groups in total. The molecule has 0 radical (unpaired) electrons. The second kappa shape index (κ2) is 6.71. The third-order valence-corrected chi connectivity index (χ3v) is 3.93. The first-order valence-electron chi connectivity index (χ1n) is 6.97. The molecule has 6 nitrogen and oxygen atoms in total. The standard InChI is InChI=1S/C14H21N5OS/c1-5-15-14-17-12(16-7-6-11(20)19(3)4)10-8-9(2)21-13(10)18-14/h8H,5-7H2,1-4H3,(H2,15,16,17,18). The van der Waals surface area contributed by atoms with Gasteiger partial charge in [0, 0.05) is 38.5 Å². The number of hydrogen-bond donors (Lipinski definition) is 2. The predicted octanol–water partition coefficient (Wildman–Crippen LogP) is 2.32. The fraction of sp³-hybridized carbons (Fsp3) is 0.500. The van der Waals surface area contributed by atoms with Crippen molar-refractivity contribution in [1.29, 1.82) is 0 Å². The van der Waals surface area contributed by atoms with E-state index in [-0.39, 0.29) is 5.91 Å². The van der Waals surface area contributed by atoms with Gasteiger partial charge in [-0.15, -0.1) is 11.3 Å². The van der Waals surface area contributed by atoms with E-state index in [1.54, 1.807) is 30.3 Å². The topological polar surface area (TPSA) is 70.2 Å². The summed E-state index contributed by atoms with van der Waals surface area (Å²) < 4.78 is 0. The van der Waals surface area contributed by atoms with Crippen molar-refractivity contribution >= 4 is 39.2 Å². The minimum absolute atomic E-state index is 0.0983. The van der Waals surface area contributed by atoms with Gasteiger partial charge in [-0.3, -0.25) is 4.79 Å². The van der Waals surface area contributed by atoms with Gasteiger partial charge in [0.05, 0.1) is 5.39 Å². The molecule has 2 heterocycles. The Balaban J connectivity index is 2.18. The van der Waals surface area contributed by atoms with Crippen LogP contribution in [0.3, 0.4) is 0 Å². The molecule has 114 valence electrons. The van der Waals surface area contributed by atoms with Crippen molar-refractivity contribution in [3.63, 3.8) is 0 Å². The van der Waals surface area contributed by atoms with Gasteiger partial charge in [-0.2, -0.15) is 4.98 Å². The van der Waals surface area contributed by atoms with E-state index in [2.05, 4.69) is 33.6 Å². The summed E-state index contributed by atoms with van der Waals surface area (Å²) in [5.74, 6) is 1.50. The van der Waals surface area contributed by atoms with Crippen LogP contribution in [-0.2, 0) is 4.79 Å². The van der Waals surface area contributed by atoms with Gasteiger partial charge >= 0.3 is 0 Å². The van der Waals surface area contributed by atoms with Crippen LogP contribution in [0.5, 0.6) is 0 Å². The molecule has 0 unspecified atom stereocenters. The molecule has 0 fully saturated rings. The Bertz CT molecular complexity index is 638. The van der Waals surface area contributed by atoms with Crippen LogP contribution in [-0.4, -0.2) is 48.0 Å². The molecule has 2 aromatic heterocycles. The van der Waals surface area contributed by atoms with Crippen LogP contribution in [0.1, 0.15) is 18.2 Å². The summed E-state index contributed by atoms with van der Waals surface area (Å²) in [6.45, 7) is 5.40. The Kier molecular flexibility index (Phi) is 4.95. The molecule has 2 rings (SSSR count). The Labute approximate surface area is 128 Å². The summed E-state index contributed by atoms with van der Waals surface area (Å²) >= 11 is 1.64. The molecule has 0 saturated heterocycles. The zero-order valence-electron chi connectivity index (χ0n) is 12.9. The average Bonchev–Trinajstić information content (AvgIpc) is 2.79. The number of nitrogens with zero attached hydrogens (tertiary/aromatic N) is 3. The van der Waals surface area contributed by atoms with E-state index >= 15 is 0 Å². The molecule has 0 aliphatic rings. The van der Waals surface area contributed by atoms with Crippen LogP contribution in [0.25, 0.3) is 10.2 Å². The molecule has 21 heavy (non-hydrogen) atoms. The zero-order valence-corrected chi connectivity index (χ0v) is 13.7. The van der Waals surface area contributed by atoms with Gasteiger partial charge in [-0.25, -0.2) is 4.98 Å². The number of amides is 1. The lowest BCUT2D eigenvalue weighted by Crippen LogP contribution is -2.24. The van der Waals surface area contributed by atoms with E-state index in [1.165, 1.54) is 4.88 Å². The smallest absolute Gasteiger partial charge is 0.226 e. The van der Waals surface area contributed by atoms with Crippen LogP contribution >= 0.6 is 11.3 Å². The van der Waals surface area contributed by atoms with E-state index < -0.39 is 0 Å². The van der Waals surface area contributed by atoms with Gasteiger partial charge in [0.1, 0.15) is 10.6 Å². The quantitative estimate of drug-likeness (QED) is 0.857. The van der Waals surface area contributed by atoms with Crippen molar-refractivity contribution in [2.45, 2.75) is 20.3 Å². The van der Waals surface area contributed by atoms with Gasteiger partial charge in [0.25, 0.3) is 0 Å². The molecule has 2 aromatic rings. The summed E-state index contributed by atoms with van der Waals surface area (Å²) in [4.78, 5) is 24.4. The average molecular weight is 307 g/mol. The van der Waals surface area contributed by atoms with Crippen molar-refractivity contribution in [3.05, 3.63) is 10.9 Å². The number of rotatable bonds is 6. The van der Waals surface area contributed by atoms with Crippen molar-refractivity contribution in [2.75, 3.05) is 37.8 Å². The molecule has 7 heteroatoms. The normalized spacial score (nSPS) is 10.7. The Morgan fingerprint density at radius 2 is 2.10 bits per heavy atom. The fourth-order valence-electron chi connectivity index (χ4n) is 1.93. The first-order chi connectivity index (χ1) is 10.0. The monoisotopic (exact) mass is 307 g/mol. The zero-order chi connectivity index (χ0) is 15.4. The highest BCUT2D eigenvalue weighted by Gasteiger charge is 2.11. The highest BCUT2D eigenvalue weighted by atomic mass is 32.1. The number of aromatic nitrogens is 2. The van der Waals surface area contributed by atoms with Gasteiger partial charge in [-0.1, -0.05) is 0 Å². The summed E-state index contributed by atoms with van der Waals surface area (Å²) in [5.41, 5.74) is 0. The second-order valence-electron chi connectivity index (χ2n) is 4.97. The molecule has 0 aliphatic heterocycles. The number of hydrogen-bond acceptors (Lipinski definition) is 6. The number of nitrogens with one attached hydrogen (secondary N) is 2. The van der Waals surface area contributed by atoms with Crippen LogP contribution in [0, 0.1) is 6.92 Å². The summed E-state index contributed by atoms with van der Waals surface area (Å²) in [7, 11) is 3.52. The van der Waals surface area contributed by atoms with E-state index in [0.29, 0.717) is 18.9 Å². The highest BCUT2D eigenvalue weighted by molar-refractivity contribution is 7.18. The van der Waals surface area contributed by atoms with Crippen LogP contribution < -0.4 is 10.6 Å². The summed E-state index contributed by atoms with van der Waals surface area (Å²) in [5, 5.41) is 7.40. The van der Waals surface area contributed by atoms with Gasteiger partial charge in [0.15, 0.2) is 0 Å². The number of aryl methyl sites for hydroxylation is 1. The lowest BCUT2D eigenvalue weighted by atomic mass is 10.3. The molecule has 0 spiro atoms. The van der Waals surface area contributed by atoms with Gasteiger partial charge in [-0.05, 0) is 19.9 Å². The van der Waals surface area contributed by atoms with Crippen molar-refractivity contribution < 1.29 is 4.79 Å². The number of thiophene rings is 1. The molecule has 0 aliphatic carbocycles.